The Labute approximate surface area is 113 Å². The van der Waals surface area contributed by atoms with Gasteiger partial charge in [0.05, 0.1) is 7.11 Å². The predicted molar refractivity (Wildman–Crippen MR) is 72.2 cm³/mol. The summed E-state index contributed by atoms with van der Waals surface area (Å²) in [5.41, 5.74) is 6.12. The van der Waals surface area contributed by atoms with E-state index >= 15 is 0 Å². The molecule has 0 aliphatic heterocycles. The van der Waals surface area contributed by atoms with Crippen molar-refractivity contribution in [2.75, 3.05) is 13.7 Å². The maximum Gasteiger partial charge on any atom is 0.333 e. The van der Waals surface area contributed by atoms with Crippen molar-refractivity contribution in [1.29, 1.82) is 0 Å². The summed E-state index contributed by atoms with van der Waals surface area (Å²) in [5, 5.41) is 2.70. The third-order valence-electron chi connectivity index (χ3n) is 2.90. The van der Waals surface area contributed by atoms with E-state index in [1.54, 1.807) is 31.2 Å². The third-order valence-corrected chi connectivity index (χ3v) is 2.90. The Morgan fingerprint density at radius 1 is 1.32 bits per heavy atom. The van der Waals surface area contributed by atoms with Gasteiger partial charge >= 0.3 is 5.97 Å². The highest BCUT2D eigenvalue weighted by atomic mass is 16.5. The van der Waals surface area contributed by atoms with Crippen molar-refractivity contribution in [1.82, 2.24) is 5.32 Å². The van der Waals surface area contributed by atoms with E-state index in [0.717, 1.165) is 0 Å². The Kier molecular flexibility index (Phi) is 6.02. The Morgan fingerprint density at radius 2 is 1.95 bits per heavy atom. The van der Waals surface area contributed by atoms with Gasteiger partial charge in [-0.15, -0.1) is 0 Å². The monoisotopic (exact) mass is 264 g/mol. The van der Waals surface area contributed by atoms with Gasteiger partial charge in [-0.1, -0.05) is 37.3 Å². The number of nitrogens with one attached hydrogen (secondary N) is 1. The molecule has 1 aromatic carbocycles. The lowest BCUT2D eigenvalue weighted by Crippen LogP contribution is -2.38. The van der Waals surface area contributed by atoms with Crippen LogP contribution in [0.2, 0.25) is 0 Å². The Balaban J connectivity index is 2.82. The molecule has 0 bridgehead atoms. The molecule has 0 saturated carbocycles. The van der Waals surface area contributed by atoms with Crippen molar-refractivity contribution in [3.8, 4) is 0 Å². The van der Waals surface area contributed by atoms with E-state index in [2.05, 4.69) is 5.32 Å². The van der Waals surface area contributed by atoms with Crippen molar-refractivity contribution in [3.63, 3.8) is 0 Å². The summed E-state index contributed by atoms with van der Waals surface area (Å²) < 4.78 is 4.73. The molecule has 0 heterocycles. The lowest BCUT2D eigenvalue weighted by atomic mass is 10.0. The van der Waals surface area contributed by atoms with Crippen LogP contribution in [-0.2, 0) is 14.3 Å². The summed E-state index contributed by atoms with van der Waals surface area (Å²) in [5.74, 6) is -0.926. The van der Waals surface area contributed by atoms with Crippen LogP contribution >= 0.6 is 0 Å². The van der Waals surface area contributed by atoms with Gasteiger partial charge in [0.25, 0.3) is 0 Å². The zero-order chi connectivity index (χ0) is 14.3. The van der Waals surface area contributed by atoms with Crippen molar-refractivity contribution < 1.29 is 14.3 Å². The molecular formula is C14H20N2O3. The number of benzene rings is 1. The summed E-state index contributed by atoms with van der Waals surface area (Å²) in [6, 6.07) is 8.22. The summed E-state index contributed by atoms with van der Waals surface area (Å²) in [4.78, 5) is 23.7. The molecule has 0 radical (unpaired) electrons. The van der Waals surface area contributed by atoms with Gasteiger partial charge in [0.2, 0.25) is 5.91 Å². The molecule has 0 fully saturated rings. The number of esters is 1. The molecule has 5 heteroatoms. The summed E-state index contributed by atoms with van der Waals surface area (Å²) in [6.45, 7) is 2.21. The van der Waals surface area contributed by atoms with E-state index in [4.69, 9.17) is 10.5 Å². The molecule has 2 atom stereocenters. The van der Waals surface area contributed by atoms with Crippen LogP contribution in [0, 0.1) is 5.92 Å². The smallest absolute Gasteiger partial charge is 0.333 e. The Hall–Kier alpha value is -1.88. The average Bonchev–Trinajstić information content (AvgIpc) is 2.44. The maximum absolute atomic E-state index is 12.0. The van der Waals surface area contributed by atoms with Gasteiger partial charge in [0.1, 0.15) is 0 Å². The van der Waals surface area contributed by atoms with E-state index in [1.807, 2.05) is 6.07 Å². The molecule has 0 aliphatic carbocycles. The molecule has 3 N–H and O–H groups in total. The second kappa shape index (κ2) is 7.53. The average molecular weight is 264 g/mol. The molecule has 104 valence electrons. The second-order valence-corrected chi connectivity index (χ2v) is 4.35. The molecular weight excluding hydrogens is 244 g/mol. The lowest BCUT2D eigenvalue weighted by molar-refractivity contribution is -0.145. The van der Waals surface area contributed by atoms with Gasteiger partial charge in [-0.2, -0.15) is 0 Å². The Morgan fingerprint density at radius 3 is 2.47 bits per heavy atom. The van der Waals surface area contributed by atoms with Gasteiger partial charge < -0.3 is 15.8 Å². The van der Waals surface area contributed by atoms with Crippen molar-refractivity contribution in [2.45, 2.75) is 19.4 Å². The third kappa shape index (κ3) is 4.37. The first-order valence-electron chi connectivity index (χ1n) is 6.23. The Bertz CT molecular complexity index is 420. The normalized spacial score (nSPS) is 13.4. The number of hydrogen-bond donors (Lipinski definition) is 2. The molecule has 2 unspecified atom stereocenters. The highest BCUT2D eigenvalue weighted by Crippen LogP contribution is 2.15. The summed E-state index contributed by atoms with van der Waals surface area (Å²) >= 11 is 0. The van der Waals surface area contributed by atoms with E-state index in [9.17, 15) is 9.59 Å². The predicted octanol–water partition coefficient (Wildman–Crippen LogP) is 1.00. The van der Waals surface area contributed by atoms with Crippen LogP contribution in [0.4, 0.5) is 0 Å². The first-order valence-corrected chi connectivity index (χ1v) is 6.23. The van der Waals surface area contributed by atoms with Crippen molar-refractivity contribution in [3.05, 3.63) is 35.9 Å². The number of rotatable bonds is 6. The first kappa shape index (κ1) is 15.2. The van der Waals surface area contributed by atoms with Gasteiger partial charge in [0.15, 0.2) is 6.04 Å². The molecule has 5 nitrogen and oxygen atoms in total. The van der Waals surface area contributed by atoms with E-state index < -0.39 is 12.0 Å². The number of carbonyl (C=O) groups excluding carboxylic acids is 2. The van der Waals surface area contributed by atoms with Crippen LogP contribution < -0.4 is 11.1 Å². The first-order chi connectivity index (χ1) is 9.10. The molecule has 0 aliphatic rings. The topological polar surface area (TPSA) is 81.4 Å². The largest absolute Gasteiger partial charge is 0.467 e. The number of ether oxygens (including phenoxy) is 1. The van der Waals surface area contributed by atoms with Gasteiger partial charge in [-0.05, 0) is 18.5 Å². The minimum atomic E-state index is -0.779. The van der Waals surface area contributed by atoms with Crippen LogP contribution in [0.3, 0.4) is 0 Å². The van der Waals surface area contributed by atoms with E-state index in [-0.39, 0.29) is 11.8 Å². The quantitative estimate of drug-likeness (QED) is 0.751. The van der Waals surface area contributed by atoms with Crippen LogP contribution in [0.25, 0.3) is 0 Å². The SMILES string of the molecule is COC(=O)C(NC(=O)C(C)CCN)c1ccccc1. The minimum absolute atomic E-state index is 0.204. The van der Waals surface area contributed by atoms with Crippen LogP contribution in [0.1, 0.15) is 24.9 Å². The molecule has 0 saturated heterocycles. The van der Waals surface area contributed by atoms with Crippen LogP contribution in [0.5, 0.6) is 0 Å². The number of hydrogen-bond acceptors (Lipinski definition) is 4. The van der Waals surface area contributed by atoms with Gasteiger partial charge in [-0.25, -0.2) is 4.79 Å². The summed E-state index contributed by atoms with van der Waals surface area (Å²) in [7, 11) is 1.30. The van der Waals surface area contributed by atoms with Gasteiger partial charge in [-0.3, -0.25) is 4.79 Å². The highest BCUT2D eigenvalue weighted by Gasteiger charge is 2.25. The fourth-order valence-corrected chi connectivity index (χ4v) is 1.71. The summed E-state index contributed by atoms with van der Waals surface area (Å²) in [6.07, 6.45) is 0.578. The second-order valence-electron chi connectivity index (χ2n) is 4.35. The standard InChI is InChI=1S/C14H20N2O3/c1-10(8-9-15)13(17)16-12(14(18)19-2)11-6-4-3-5-7-11/h3-7,10,12H,8-9,15H2,1-2H3,(H,16,17). The van der Waals surface area contributed by atoms with Gasteiger partial charge in [0, 0.05) is 5.92 Å². The van der Waals surface area contributed by atoms with E-state index in [0.29, 0.717) is 18.5 Å². The fraction of sp³-hybridized carbons (Fsp3) is 0.429. The van der Waals surface area contributed by atoms with Crippen molar-refractivity contribution in [2.24, 2.45) is 11.7 Å². The molecule has 1 aromatic rings. The van der Waals surface area contributed by atoms with Crippen LogP contribution in [-0.4, -0.2) is 25.5 Å². The highest BCUT2D eigenvalue weighted by molar-refractivity contribution is 5.86. The van der Waals surface area contributed by atoms with Crippen molar-refractivity contribution >= 4 is 11.9 Å². The fourth-order valence-electron chi connectivity index (χ4n) is 1.71. The number of methoxy groups -OCH3 is 1. The molecule has 0 aromatic heterocycles. The van der Waals surface area contributed by atoms with Crippen LogP contribution in [0.15, 0.2) is 30.3 Å². The molecule has 1 amide bonds. The lowest BCUT2D eigenvalue weighted by Gasteiger charge is -2.19. The van der Waals surface area contributed by atoms with E-state index in [1.165, 1.54) is 7.11 Å². The maximum atomic E-state index is 12.0. The molecule has 1 rings (SSSR count). The number of nitrogens with two attached hydrogens (primary N) is 1. The molecule has 19 heavy (non-hydrogen) atoms. The number of amides is 1. The zero-order valence-electron chi connectivity index (χ0n) is 11.3. The minimum Gasteiger partial charge on any atom is -0.467 e. The zero-order valence-corrected chi connectivity index (χ0v) is 11.3. The molecule has 0 spiro atoms. The number of carbonyl (C=O) groups is 2.